The van der Waals surface area contributed by atoms with Gasteiger partial charge in [0.2, 0.25) is 0 Å². The molecule has 0 fully saturated rings. The average molecular weight is 315 g/mol. The second-order valence-electron chi connectivity index (χ2n) is 3.76. The molecular formula is C9H18F5NO3S. The Labute approximate surface area is 109 Å². The van der Waals surface area contributed by atoms with Crippen LogP contribution in [0.25, 0.3) is 0 Å². The molecule has 0 bridgehead atoms. The molecule has 0 amide bonds. The number of hydrogen-bond donors (Lipinski definition) is 0. The van der Waals surface area contributed by atoms with Gasteiger partial charge < -0.3 is 9.04 Å². The molecule has 0 aromatic carbocycles. The van der Waals surface area contributed by atoms with E-state index >= 15 is 0 Å². The fourth-order valence-corrected chi connectivity index (χ4v) is 1.35. The van der Waals surface area contributed by atoms with Gasteiger partial charge >= 0.3 is 5.51 Å². The zero-order valence-electron chi connectivity index (χ0n) is 10.9. The third-order valence-corrected chi connectivity index (χ3v) is 3.39. The van der Waals surface area contributed by atoms with E-state index in [0.29, 0.717) is 4.48 Å². The monoisotopic (exact) mass is 315 g/mol. The molecule has 0 radical (unpaired) electrons. The zero-order valence-corrected chi connectivity index (χ0v) is 11.7. The molecule has 19 heavy (non-hydrogen) atoms. The highest BCUT2D eigenvalue weighted by Gasteiger charge is 2.36. The molecule has 0 aliphatic carbocycles. The number of quaternary nitrogens is 1. The highest BCUT2D eigenvalue weighted by Crippen LogP contribution is 2.20. The Kier molecular flexibility index (Phi) is 8.72. The van der Waals surface area contributed by atoms with Gasteiger partial charge in [-0.15, -0.1) is 0 Å². The topological polar surface area (TPSA) is 57.2 Å². The van der Waals surface area contributed by atoms with Crippen molar-refractivity contribution in [2.75, 3.05) is 26.2 Å². The van der Waals surface area contributed by atoms with Crippen LogP contribution >= 0.6 is 0 Å². The number of hydrogen-bond acceptors (Lipinski definition) is 3. The summed E-state index contributed by atoms with van der Waals surface area (Å²) in [6.07, 6.45) is -2.17. The van der Waals surface area contributed by atoms with E-state index < -0.39 is 22.1 Å². The smallest absolute Gasteiger partial charge is 0.485 e. The van der Waals surface area contributed by atoms with Crippen molar-refractivity contribution in [2.24, 2.45) is 0 Å². The maximum absolute atomic E-state index is 12.1. The van der Waals surface area contributed by atoms with E-state index in [1.165, 1.54) is 0 Å². The van der Waals surface area contributed by atoms with Crippen molar-refractivity contribution in [3.8, 4) is 0 Å². The number of nitrogens with zero attached hydrogens (tertiary/aromatic N) is 1. The SMILES string of the molecule is CC[N+](CC)(CC)CC(F)F.O=S(=O)([O-])C(F)(F)F. The zero-order chi connectivity index (χ0) is 15.9. The lowest BCUT2D eigenvalue weighted by Gasteiger charge is -2.35. The van der Waals surface area contributed by atoms with Gasteiger partial charge in [-0.25, -0.2) is 17.2 Å². The van der Waals surface area contributed by atoms with Crippen LogP contribution in [0.15, 0.2) is 0 Å². The molecule has 0 unspecified atom stereocenters. The molecule has 0 rings (SSSR count). The van der Waals surface area contributed by atoms with Crippen molar-refractivity contribution in [3.05, 3.63) is 0 Å². The van der Waals surface area contributed by atoms with Crippen molar-refractivity contribution in [1.82, 2.24) is 0 Å². The summed E-state index contributed by atoms with van der Waals surface area (Å²) in [7, 11) is -6.09. The van der Waals surface area contributed by atoms with Crippen molar-refractivity contribution in [1.29, 1.82) is 0 Å². The number of halogens is 5. The molecule has 0 aliphatic heterocycles. The maximum Gasteiger partial charge on any atom is 0.485 e. The molecule has 0 spiro atoms. The van der Waals surface area contributed by atoms with Gasteiger partial charge in [-0.05, 0) is 20.8 Å². The van der Waals surface area contributed by atoms with Gasteiger partial charge in [0.1, 0.15) is 6.54 Å². The molecule has 0 saturated heterocycles. The second-order valence-corrected chi connectivity index (χ2v) is 5.14. The lowest BCUT2D eigenvalue weighted by atomic mass is 10.3. The summed E-state index contributed by atoms with van der Waals surface area (Å²) >= 11 is 0. The van der Waals surface area contributed by atoms with Crippen LogP contribution in [0.2, 0.25) is 0 Å². The van der Waals surface area contributed by atoms with Gasteiger partial charge in [0.25, 0.3) is 6.43 Å². The Hall–Kier alpha value is -0.480. The highest BCUT2D eigenvalue weighted by molar-refractivity contribution is 7.86. The van der Waals surface area contributed by atoms with E-state index in [2.05, 4.69) is 0 Å². The molecule has 4 nitrogen and oxygen atoms in total. The summed E-state index contributed by atoms with van der Waals surface area (Å²) in [5, 5.41) is 0. The average Bonchev–Trinajstić information content (AvgIpc) is 2.24. The fraction of sp³-hybridized carbons (Fsp3) is 1.00. The first-order valence-corrected chi connectivity index (χ1v) is 6.91. The van der Waals surface area contributed by atoms with E-state index in [0.717, 1.165) is 19.6 Å². The summed E-state index contributed by atoms with van der Waals surface area (Å²) in [6.45, 7) is 8.32. The van der Waals surface area contributed by atoms with Crippen LogP contribution in [0.5, 0.6) is 0 Å². The number of rotatable bonds is 5. The van der Waals surface area contributed by atoms with E-state index in [1.807, 2.05) is 20.8 Å². The third-order valence-electron chi connectivity index (χ3n) is 2.82. The van der Waals surface area contributed by atoms with Gasteiger partial charge in [0.15, 0.2) is 10.1 Å². The normalized spacial score (nSPS) is 13.2. The van der Waals surface area contributed by atoms with E-state index in [4.69, 9.17) is 13.0 Å². The molecular weight excluding hydrogens is 297 g/mol. The Morgan fingerprint density at radius 3 is 1.37 bits per heavy atom. The van der Waals surface area contributed by atoms with Crippen LogP contribution in [-0.4, -0.2) is 55.6 Å². The lowest BCUT2D eigenvalue weighted by molar-refractivity contribution is -0.926. The molecule has 118 valence electrons. The summed E-state index contributed by atoms with van der Waals surface area (Å²) in [6, 6.07) is 0. The quantitative estimate of drug-likeness (QED) is 0.338. The van der Waals surface area contributed by atoms with Crippen molar-refractivity contribution < 1.29 is 39.4 Å². The molecule has 0 aromatic heterocycles. The van der Waals surface area contributed by atoms with Gasteiger partial charge in [-0.2, -0.15) is 13.2 Å². The molecule has 0 saturated carbocycles. The molecule has 0 aliphatic rings. The maximum atomic E-state index is 12.1. The number of alkyl halides is 5. The first-order valence-electron chi connectivity index (χ1n) is 5.50. The second kappa shape index (κ2) is 7.95. The van der Waals surface area contributed by atoms with Crippen LogP contribution < -0.4 is 0 Å². The molecule has 0 aromatic rings. The van der Waals surface area contributed by atoms with Gasteiger partial charge in [0, 0.05) is 0 Å². The van der Waals surface area contributed by atoms with Crippen LogP contribution in [0, 0.1) is 0 Å². The minimum absolute atomic E-state index is 0.00347. The Morgan fingerprint density at radius 1 is 1.05 bits per heavy atom. The van der Waals surface area contributed by atoms with Crippen LogP contribution in [-0.2, 0) is 10.1 Å². The van der Waals surface area contributed by atoms with Crippen LogP contribution in [0.1, 0.15) is 20.8 Å². The summed E-state index contributed by atoms with van der Waals surface area (Å²) in [5.74, 6) is 0. The van der Waals surface area contributed by atoms with Gasteiger partial charge in [0.05, 0.1) is 19.6 Å². The van der Waals surface area contributed by atoms with Gasteiger partial charge in [-0.1, -0.05) is 0 Å². The van der Waals surface area contributed by atoms with Crippen molar-refractivity contribution in [2.45, 2.75) is 32.7 Å². The minimum atomic E-state index is -6.09. The molecule has 0 N–H and O–H groups in total. The van der Waals surface area contributed by atoms with E-state index in [1.54, 1.807) is 0 Å². The Balaban J connectivity index is 0. The van der Waals surface area contributed by atoms with Crippen LogP contribution in [0.3, 0.4) is 0 Å². The predicted octanol–water partition coefficient (Wildman–Crippen LogP) is 2.18. The summed E-state index contributed by atoms with van der Waals surface area (Å²) in [4.78, 5) is 0. The minimum Gasteiger partial charge on any atom is -0.741 e. The fourth-order valence-electron chi connectivity index (χ4n) is 1.35. The highest BCUT2D eigenvalue weighted by atomic mass is 32.2. The van der Waals surface area contributed by atoms with E-state index in [-0.39, 0.29) is 6.54 Å². The summed E-state index contributed by atoms with van der Waals surface area (Å²) in [5.41, 5.74) is -5.65. The van der Waals surface area contributed by atoms with Crippen molar-refractivity contribution >= 4 is 10.1 Å². The third kappa shape index (κ3) is 8.32. The standard InChI is InChI=1S/C8H18F2N.CHF3O3S/c1-4-11(5-2,6-3)7-8(9)10;2-1(3,4)8(5,6)7/h8H,4-7H2,1-3H3;(H,5,6,7)/q+1;/p-1. The molecule has 0 atom stereocenters. The van der Waals surface area contributed by atoms with E-state index in [9.17, 15) is 22.0 Å². The van der Waals surface area contributed by atoms with Crippen molar-refractivity contribution in [3.63, 3.8) is 0 Å². The van der Waals surface area contributed by atoms with Crippen LogP contribution in [0.4, 0.5) is 22.0 Å². The lowest BCUT2D eigenvalue weighted by Crippen LogP contribution is -2.50. The molecule has 0 heterocycles. The van der Waals surface area contributed by atoms with Gasteiger partial charge in [-0.3, -0.25) is 0 Å². The first kappa shape index (κ1) is 20.8. The largest absolute Gasteiger partial charge is 0.741 e. The Morgan fingerprint density at radius 2 is 1.32 bits per heavy atom. The Bertz CT molecular complexity index is 330. The summed E-state index contributed by atoms with van der Waals surface area (Å²) < 4.78 is 83.6. The first-order chi connectivity index (χ1) is 8.35. The molecule has 10 heteroatoms. The predicted molar refractivity (Wildman–Crippen MR) is 58.5 cm³/mol.